The van der Waals surface area contributed by atoms with Crippen LogP contribution in [0, 0.1) is 0 Å². The van der Waals surface area contributed by atoms with E-state index in [4.69, 9.17) is 9.84 Å². The number of ether oxygens (including phenoxy) is 2. The molecule has 2 amide bonds. The quantitative estimate of drug-likeness (QED) is 0.460. The zero-order valence-electron chi connectivity index (χ0n) is 13.8. The fourth-order valence-corrected chi connectivity index (χ4v) is 2.01. The van der Waals surface area contributed by atoms with Crippen LogP contribution in [0.2, 0.25) is 0 Å². The van der Waals surface area contributed by atoms with Gasteiger partial charge in [-0.2, -0.15) is 0 Å². The Labute approximate surface area is 140 Å². The van der Waals surface area contributed by atoms with Crippen molar-refractivity contribution in [3.63, 3.8) is 0 Å². The van der Waals surface area contributed by atoms with E-state index in [0.717, 1.165) is 5.56 Å². The summed E-state index contributed by atoms with van der Waals surface area (Å²) in [5, 5.41) is 13.7. The molecule has 0 aliphatic heterocycles. The first-order valence-electron chi connectivity index (χ1n) is 7.46. The molecule has 0 unspecified atom stereocenters. The Morgan fingerprint density at radius 2 is 1.83 bits per heavy atom. The number of carboxylic acid groups (broad SMARTS) is 1. The smallest absolute Gasteiger partial charge is 0.337 e. The van der Waals surface area contributed by atoms with Gasteiger partial charge >= 0.3 is 18.0 Å². The van der Waals surface area contributed by atoms with Crippen molar-refractivity contribution in [2.45, 2.75) is 19.3 Å². The number of methoxy groups -OCH3 is 2. The molecule has 0 bridgehead atoms. The molecule has 8 heteroatoms. The highest BCUT2D eigenvalue weighted by molar-refractivity contribution is 5.89. The maximum absolute atomic E-state index is 11.6. The van der Waals surface area contributed by atoms with Crippen LogP contribution in [-0.2, 0) is 16.0 Å². The van der Waals surface area contributed by atoms with Crippen molar-refractivity contribution in [3.05, 3.63) is 29.3 Å². The summed E-state index contributed by atoms with van der Waals surface area (Å²) in [6, 6.07) is 4.62. The Kier molecular flexibility index (Phi) is 8.10. The Balaban J connectivity index is 2.42. The molecule has 132 valence electrons. The molecule has 8 nitrogen and oxygen atoms in total. The Morgan fingerprint density at radius 3 is 2.46 bits per heavy atom. The van der Waals surface area contributed by atoms with Crippen molar-refractivity contribution in [1.29, 1.82) is 0 Å². The second kappa shape index (κ2) is 10.1. The molecule has 1 rings (SSSR count). The number of carbonyl (C=O) groups is 3. The maximum Gasteiger partial charge on any atom is 0.337 e. The third-order valence-corrected chi connectivity index (χ3v) is 3.24. The van der Waals surface area contributed by atoms with E-state index in [1.807, 2.05) is 0 Å². The standard InChI is InChI=1S/C16H22N2O6/c1-23-13-10-12(15(21)24-2)6-5-11(13)7-9-18-16(22)17-8-3-4-14(19)20/h5-6,10H,3-4,7-9H2,1-2H3,(H,19,20)(H2,17,18,22). The number of carboxylic acids is 1. The SMILES string of the molecule is COC(=O)c1ccc(CCNC(=O)NCCCC(=O)O)c(OC)c1. The van der Waals surface area contributed by atoms with Crippen LogP contribution in [0.1, 0.15) is 28.8 Å². The molecule has 0 aliphatic carbocycles. The summed E-state index contributed by atoms with van der Waals surface area (Å²) < 4.78 is 9.90. The molecule has 0 fully saturated rings. The summed E-state index contributed by atoms with van der Waals surface area (Å²) in [5.41, 5.74) is 1.23. The van der Waals surface area contributed by atoms with Gasteiger partial charge in [0.25, 0.3) is 0 Å². The molecule has 0 aromatic heterocycles. The first-order chi connectivity index (χ1) is 11.5. The van der Waals surface area contributed by atoms with Gasteiger partial charge in [0.15, 0.2) is 0 Å². The summed E-state index contributed by atoms with van der Waals surface area (Å²) in [7, 11) is 2.81. The van der Waals surface area contributed by atoms with Crippen LogP contribution >= 0.6 is 0 Å². The molecular formula is C16H22N2O6. The van der Waals surface area contributed by atoms with Gasteiger partial charge in [-0.3, -0.25) is 4.79 Å². The van der Waals surface area contributed by atoms with E-state index >= 15 is 0 Å². The lowest BCUT2D eigenvalue weighted by Crippen LogP contribution is -2.37. The first kappa shape index (κ1) is 19.3. The van der Waals surface area contributed by atoms with Crippen LogP contribution in [0.3, 0.4) is 0 Å². The molecule has 0 saturated carbocycles. The average molecular weight is 338 g/mol. The second-order valence-corrected chi connectivity index (χ2v) is 4.95. The second-order valence-electron chi connectivity index (χ2n) is 4.95. The van der Waals surface area contributed by atoms with Gasteiger partial charge in [0.1, 0.15) is 5.75 Å². The lowest BCUT2D eigenvalue weighted by molar-refractivity contribution is -0.137. The van der Waals surface area contributed by atoms with Crippen LogP contribution in [0.25, 0.3) is 0 Å². The van der Waals surface area contributed by atoms with E-state index in [-0.39, 0.29) is 12.5 Å². The summed E-state index contributed by atoms with van der Waals surface area (Å²) >= 11 is 0. The van der Waals surface area contributed by atoms with E-state index < -0.39 is 11.9 Å². The summed E-state index contributed by atoms with van der Waals surface area (Å²) in [5.74, 6) is -0.792. The van der Waals surface area contributed by atoms with Gasteiger partial charge in [0.2, 0.25) is 0 Å². The van der Waals surface area contributed by atoms with E-state index in [2.05, 4.69) is 15.4 Å². The summed E-state index contributed by atoms with van der Waals surface area (Å²) in [6.07, 6.45) is 0.919. The van der Waals surface area contributed by atoms with Crippen molar-refractivity contribution >= 4 is 18.0 Å². The topological polar surface area (TPSA) is 114 Å². The number of rotatable bonds is 9. The van der Waals surface area contributed by atoms with Crippen LogP contribution in [0.15, 0.2) is 18.2 Å². The molecule has 0 atom stereocenters. The van der Waals surface area contributed by atoms with Gasteiger partial charge in [-0.1, -0.05) is 6.07 Å². The highest BCUT2D eigenvalue weighted by atomic mass is 16.5. The third kappa shape index (κ3) is 6.55. The molecule has 0 saturated heterocycles. The number of aliphatic carboxylic acids is 1. The predicted molar refractivity (Wildman–Crippen MR) is 86.3 cm³/mol. The van der Waals surface area contributed by atoms with E-state index in [1.165, 1.54) is 14.2 Å². The number of urea groups is 1. The first-order valence-corrected chi connectivity index (χ1v) is 7.46. The molecule has 24 heavy (non-hydrogen) atoms. The minimum atomic E-state index is -0.889. The van der Waals surface area contributed by atoms with Crippen LogP contribution < -0.4 is 15.4 Å². The van der Waals surface area contributed by atoms with Crippen molar-refractivity contribution in [3.8, 4) is 5.75 Å². The zero-order chi connectivity index (χ0) is 17.9. The third-order valence-electron chi connectivity index (χ3n) is 3.24. The molecule has 1 aromatic carbocycles. The number of carbonyl (C=O) groups excluding carboxylic acids is 2. The number of nitrogens with one attached hydrogen (secondary N) is 2. The highest BCUT2D eigenvalue weighted by Crippen LogP contribution is 2.21. The fraction of sp³-hybridized carbons (Fsp3) is 0.438. The van der Waals surface area contributed by atoms with Gasteiger partial charge < -0.3 is 25.2 Å². The minimum Gasteiger partial charge on any atom is -0.496 e. The molecule has 0 aliphatic rings. The Hall–Kier alpha value is -2.77. The van der Waals surface area contributed by atoms with Crippen molar-refractivity contribution in [1.82, 2.24) is 10.6 Å². The summed E-state index contributed by atoms with van der Waals surface area (Å²) in [4.78, 5) is 33.4. The van der Waals surface area contributed by atoms with Crippen molar-refractivity contribution in [2.24, 2.45) is 0 Å². The molecule has 0 heterocycles. The number of esters is 1. The zero-order valence-corrected chi connectivity index (χ0v) is 13.8. The van der Waals surface area contributed by atoms with Gasteiger partial charge in [0, 0.05) is 19.5 Å². The van der Waals surface area contributed by atoms with Gasteiger partial charge in [-0.15, -0.1) is 0 Å². The molecular weight excluding hydrogens is 316 g/mol. The van der Waals surface area contributed by atoms with Crippen LogP contribution in [-0.4, -0.2) is 50.4 Å². The normalized spacial score (nSPS) is 9.92. The number of amides is 2. The number of hydrogen-bond donors (Lipinski definition) is 3. The Morgan fingerprint density at radius 1 is 1.12 bits per heavy atom. The van der Waals surface area contributed by atoms with Crippen molar-refractivity contribution in [2.75, 3.05) is 27.3 Å². The van der Waals surface area contributed by atoms with Crippen LogP contribution in [0.4, 0.5) is 4.79 Å². The van der Waals surface area contributed by atoms with Crippen molar-refractivity contribution < 1.29 is 29.0 Å². The molecule has 1 aromatic rings. The van der Waals surface area contributed by atoms with E-state index in [1.54, 1.807) is 18.2 Å². The largest absolute Gasteiger partial charge is 0.496 e. The fourth-order valence-electron chi connectivity index (χ4n) is 2.01. The van der Waals surface area contributed by atoms with Gasteiger partial charge in [0.05, 0.1) is 19.8 Å². The van der Waals surface area contributed by atoms with Gasteiger partial charge in [-0.05, 0) is 30.5 Å². The van der Waals surface area contributed by atoms with E-state index in [0.29, 0.717) is 37.2 Å². The molecule has 0 spiro atoms. The lowest BCUT2D eigenvalue weighted by atomic mass is 10.1. The lowest BCUT2D eigenvalue weighted by Gasteiger charge is -2.11. The maximum atomic E-state index is 11.6. The number of benzene rings is 1. The molecule has 3 N–H and O–H groups in total. The molecule has 0 radical (unpaired) electrons. The number of hydrogen-bond acceptors (Lipinski definition) is 5. The monoisotopic (exact) mass is 338 g/mol. The average Bonchev–Trinajstić information content (AvgIpc) is 2.58. The van der Waals surface area contributed by atoms with Crippen LogP contribution in [0.5, 0.6) is 5.75 Å². The van der Waals surface area contributed by atoms with Gasteiger partial charge in [-0.25, -0.2) is 9.59 Å². The predicted octanol–water partition coefficient (Wildman–Crippen LogP) is 1.19. The van der Waals surface area contributed by atoms with E-state index in [9.17, 15) is 14.4 Å². The minimum absolute atomic E-state index is 0.0179. The Bertz CT molecular complexity index is 588. The highest BCUT2D eigenvalue weighted by Gasteiger charge is 2.10. The summed E-state index contributed by atoms with van der Waals surface area (Å²) in [6.45, 7) is 0.675.